The molecule has 2 amide bonds. The number of nitrogens with one attached hydrogen (secondary N) is 1. The van der Waals surface area contributed by atoms with E-state index in [9.17, 15) is 14.6 Å². The third-order valence-corrected chi connectivity index (χ3v) is 3.58. The number of hydroxylamine groups is 2. The lowest BCUT2D eigenvalue weighted by atomic mass is 9.80. The zero-order chi connectivity index (χ0) is 14.3. The molecular weight excluding hydrogens is 259 g/mol. The summed E-state index contributed by atoms with van der Waals surface area (Å²) < 4.78 is 0. The van der Waals surface area contributed by atoms with E-state index in [1.165, 1.54) is 0 Å². The summed E-state index contributed by atoms with van der Waals surface area (Å²) in [6, 6.07) is 6.85. The molecule has 0 radical (unpaired) electrons. The Hall–Kier alpha value is -1.70. The zero-order valence-corrected chi connectivity index (χ0v) is 11.1. The van der Waals surface area contributed by atoms with Crippen LogP contribution >= 0.6 is 0 Å². The molecule has 0 spiro atoms. The van der Waals surface area contributed by atoms with Crippen LogP contribution in [-0.2, 0) is 4.84 Å². The van der Waals surface area contributed by atoms with Crippen LogP contribution in [-0.4, -0.2) is 41.1 Å². The smallest absolute Gasteiger partial charge is 0.373 e. The number of carbonyl (C=O) groups is 2. The van der Waals surface area contributed by atoms with Crippen molar-refractivity contribution in [3.05, 3.63) is 35.4 Å². The van der Waals surface area contributed by atoms with Gasteiger partial charge < -0.3 is 10.3 Å². The molecule has 104 valence electrons. The average Bonchev–Trinajstić information content (AvgIpc) is 2.61. The molecule has 0 aromatic heterocycles. The maximum Gasteiger partial charge on any atom is 0.373 e. The minimum absolute atomic E-state index is 0.162. The van der Waals surface area contributed by atoms with Crippen molar-refractivity contribution in [2.24, 2.45) is 0 Å². The first-order chi connectivity index (χ1) is 9.56. The lowest BCUT2D eigenvalue weighted by molar-refractivity contribution is -0.160. The fourth-order valence-corrected chi connectivity index (χ4v) is 2.54. The van der Waals surface area contributed by atoms with Gasteiger partial charge in [0.25, 0.3) is 11.8 Å². The molecule has 0 unspecified atom stereocenters. The van der Waals surface area contributed by atoms with Gasteiger partial charge in [-0.25, -0.2) is 0 Å². The van der Waals surface area contributed by atoms with Gasteiger partial charge in [0, 0.05) is 6.04 Å². The SMILES string of the molecule is CB(O)NC1CC(ON2C(=O)c3ccccc3C2=O)C1. The molecule has 1 heterocycles. The predicted molar refractivity (Wildman–Crippen MR) is 71.8 cm³/mol. The van der Waals surface area contributed by atoms with Crippen molar-refractivity contribution in [1.29, 1.82) is 0 Å². The molecule has 3 rings (SSSR count). The predicted octanol–water partition coefficient (Wildman–Crippen LogP) is 0.445. The Morgan fingerprint density at radius 1 is 1.25 bits per heavy atom. The quantitative estimate of drug-likeness (QED) is 0.615. The number of carbonyl (C=O) groups excluding carboxylic acids is 2. The fraction of sp³-hybridized carbons (Fsp3) is 0.385. The topological polar surface area (TPSA) is 78.9 Å². The number of benzene rings is 1. The van der Waals surface area contributed by atoms with Crippen molar-refractivity contribution in [3.63, 3.8) is 0 Å². The number of amides is 2. The largest absolute Gasteiger partial charge is 0.437 e. The molecule has 0 saturated heterocycles. The first kappa shape index (κ1) is 13.3. The molecule has 1 saturated carbocycles. The third-order valence-electron chi connectivity index (χ3n) is 3.58. The normalized spacial score (nSPS) is 24.6. The van der Waals surface area contributed by atoms with Crippen LogP contribution in [0.15, 0.2) is 24.3 Å². The van der Waals surface area contributed by atoms with E-state index in [-0.39, 0.29) is 12.1 Å². The summed E-state index contributed by atoms with van der Waals surface area (Å²) in [7, 11) is -0.569. The lowest BCUT2D eigenvalue weighted by Gasteiger charge is -2.37. The van der Waals surface area contributed by atoms with Crippen LogP contribution < -0.4 is 5.23 Å². The van der Waals surface area contributed by atoms with E-state index in [0.29, 0.717) is 24.0 Å². The van der Waals surface area contributed by atoms with Crippen molar-refractivity contribution in [3.8, 4) is 0 Å². The number of nitrogens with zero attached hydrogens (tertiary/aromatic N) is 1. The second-order valence-electron chi connectivity index (χ2n) is 5.19. The molecule has 1 fully saturated rings. The van der Waals surface area contributed by atoms with Gasteiger partial charge in [-0.15, -0.1) is 5.06 Å². The zero-order valence-electron chi connectivity index (χ0n) is 11.1. The van der Waals surface area contributed by atoms with E-state index in [1.807, 2.05) is 0 Å². The van der Waals surface area contributed by atoms with E-state index >= 15 is 0 Å². The first-order valence-corrected chi connectivity index (χ1v) is 6.65. The van der Waals surface area contributed by atoms with E-state index in [1.54, 1.807) is 31.1 Å². The molecule has 2 N–H and O–H groups in total. The molecule has 6 nitrogen and oxygen atoms in total. The molecule has 1 aliphatic heterocycles. The average molecular weight is 274 g/mol. The molecule has 0 bridgehead atoms. The molecule has 20 heavy (non-hydrogen) atoms. The number of rotatable bonds is 4. The van der Waals surface area contributed by atoms with Gasteiger partial charge in [0.2, 0.25) is 0 Å². The van der Waals surface area contributed by atoms with E-state index in [2.05, 4.69) is 5.23 Å². The van der Waals surface area contributed by atoms with Crippen molar-refractivity contribution in [2.45, 2.75) is 31.8 Å². The first-order valence-electron chi connectivity index (χ1n) is 6.65. The van der Waals surface area contributed by atoms with E-state index < -0.39 is 18.9 Å². The summed E-state index contributed by atoms with van der Waals surface area (Å²) >= 11 is 0. The van der Waals surface area contributed by atoms with E-state index in [4.69, 9.17) is 4.84 Å². The summed E-state index contributed by atoms with van der Waals surface area (Å²) in [5.41, 5.74) is 0.769. The highest BCUT2D eigenvalue weighted by molar-refractivity contribution is 6.45. The van der Waals surface area contributed by atoms with Crippen molar-refractivity contribution in [1.82, 2.24) is 10.3 Å². The number of imide groups is 1. The molecule has 0 atom stereocenters. The summed E-state index contributed by atoms with van der Waals surface area (Å²) in [4.78, 5) is 29.6. The van der Waals surface area contributed by atoms with Gasteiger partial charge in [-0.2, -0.15) is 0 Å². The highest BCUT2D eigenvalue weighted by atomic mass is 16.7. The van der Waals surface area contributed by atoms with Gasteiger partial charge >= 0.3 is 7.05 Å². The van der Waals surface area contributed by atoms with Crippen molar-refractivity contribution < 1.29 is 19.5 Å². The van der Waals surface area contributed by atoms with Gasteiger partial charge in [0.05, 0.1) is 17.2 Å². The fourth-order valence-electron chi connectivity index (χ4n) is 2.54. The van der Waals surface area contributed by atoms with Crippen molar-refractivity contribution >= 4 is 18.9 Å². The molecule has 1 aromatic carbocycles. The summed E-state index contributed by atoms with van der Waals surface area (Å²) in [5.74, 6) is -0.810. The van der Waals surface area contributed by atoms with Crippen LogP contribution in [0.2, 0.25) is 6.82 Å². The summed E-state index contributed by atoms with van der Waals surface area (Å²) in [6.45, 7) is 1.65. The standard InChI is InChI=1S/C13H15BN2O4/c1-14(19)15-8-6-9(7-8)20-16-12(17)10-4-2-3-5-11(10)13(16)18/h2-5,8-9,15,19H,6-7H2,1H3. The van der Waals surface area contributed by atoms with Crippen LogP contribution in [0.25, 0.3) is 0 Å². The summed E-state index contributed by atoms with van der Waals surface area (Å²) in [6.07, 6.45) is 1.16. The van der Waals surface area contributed by atoms with Crippen LogP contribution in [0, 0.1) is 0 Å². The minimum atomic E-state index is -0.569. The minimum Gasteiger partial charge on any atom is -0.437 e. The Morgan fingerprint density at radius 3 is 2.30 bits per heavy atom. The molecular formula is C13H15BN2O4. The lowest BCUT2D eigenvalue weighted by Crippen LogP contribution is -2.52. The molecule has 1 aromatic rings. The van der Waals surface area contributed by atoms with Gasteiger partial charge in [0.1, 0.15) is 0 Å². The third kappa shape index (κ3) is 2.24. The monoisotopic (exact) mass is 274 g/mol. The van der Waals surface area contributed by atoms with Gasteiger partial charge in [-0.1, -0.05) is 12.1 Å². The Labute approximate surface area is 116 Å². The second kappa shape index (κ2) is 5.01. The van der Waals surface area contributed by atoms with Gasteiger partial charge in [-0.05, 0) is 31.8 Å². The Kier molecular flexibility index (Phi) is 3.33. The Balaban J connectivity index is 1.61. The van der Waals surface area contributed by atoms with Crippen LogP contribution in [0.5, 0.6) is 0 Å². The highest BCUT2D eigenvalue weighted by Gasteiger charge is 2.41. The van der Waals surface area contributed by atoms with E-state index in [0.717, 1.165) is 5.06 Å². The molecule has 1 aliphatic carbocycles. The number of fused-ring (bicyclic) bond motifs is 1. The number of hydrogen-bond acceptors (Lipinski definition) is 5. The Bertz CT molecular complexity index is 522. The molecule has 7 heteroatoms. The number of hydrogen-bond donors (Lipinski definition) is 2. The second-order valence-corrected chi connectivity index (χ2v) is 5.19. The van der Waals surface area contributed by atoms with Gasteiger partial charge in [0.15, 0.2) is 0 Å². The highest BCUT2D eigenvalue weighted by Crippen LogP contribution is 2.29. The van der Waals surface area contributed by atoms with Crippen LogP contribution in [0.1, 0.15) is 33.6 Å². The van der Waals surface area contributed by atoms with Crippen LogP contribution in [0.4, 0.5) is 0 Å². The maximum absolute atomic E-state index is 12.1. The van der Waals surface area contributed by atoms with Crippen LogP contribution in [0.3, 0.4) is 0 Å². The summed E-state index contributed by atoms with van der Waals surface area (Å²) in [5, 5.41) is 13.0. The van der Waals surface area contributed by atoms with Crippen molar-refractivity contribution in [2.75, 3.05) is 0 Å². The molecule has 2 aliphatic rings. The van der Waals surface area contributed by atoms with Gasteiger partial charge in [-0.3, -0.25) is 14.4 Å². The Morgan fingerprint density at radius 2 is 1.80 bits per heavy atom. The maximum atomic E-state index is 12.1.